The van der Waals surface area contributed by atoms with Gasteiger partial charge in [-0.3, -0.25) is 9.69 Å². The van der Waals surface area contributed by atoms with E-state index in [4.69, 9.17) is 9.47 Å². The van der Waals surface area contributed by atoms with E-state index in [-0.39, 0.29) is 18.1 Å². The quantitative estimate of drug-likeness (QED) is 0.319. The van der Waals surface area contributed by atoms with Gasteiger partial charge < -0.3 is 14.0 Å². The van der Waals surface area contributed by atoms with Gasteiger partial charge in [0.1, 0.15) is 5.75 Å². The minimum Gasteiger partial charge on any atom is -0.497 e. The van der Waals surface area contributed by atoms with Gasteiger partial charge in [-0.15, -0.1) is 0 Å². The van der Waals surface area contributed by atoms with Crippen molar-refractivity contribution in [1.29, 1.82) is 0 Å². The molecule has 4 rings (SSSR count). The highest BCUT2D eigenvalue weighted by molar-refractivity contribution is 6.23. The zero-order valence-electron chi connectivity index (χ0n) is 21.9. The lowest BCUT2D eigenvalue weighted by atomic mass is 10.0. The zero-order valence-corrected chi connectivity index (χ0v) is 21.9. The maximum absolute atomic E-state index is 13.7. The van der Waals surface area contributed by atoms with Crippen LogP contribution in [0.3, 0.4) is 0 Å². The van der Waals surface area contributed by atoms with Crippen LogP contribution in [0.5, 0.6) is 5.75 Å². The first kappa shape index (κ1) is 25.0. The summed E-state index contributed by atoms with van der Waals surface area (Å²) >= 11 is 0. The summed E-state index contributed by atoms with van der Waals surface area (Å²) in [7, 11) is 1.59. The molecule has 0 saturated carbocycles. The summed E-state index contributed by atoms with van der Waals surface area (Å²) in [6.07, 6.45) is 1.81. The van der Waals surface area contributed by atoms with Crippen LogP contribution in [-0.2, 0) is 14.3 Å². The molecule has 0 atom stereocenters. The summed E-state index contributed by atoms with van der Waals surface area (Å²) in [5.41, 5.74) is 8.15. The smallest absolute Gasteiger partial charge is 0.340 e. The van der Waals surface area contributed by atoms with Crippen molar-refractivity contribution in [2.24, 2.45) is 0 Å². The Morgan fingerprint density at radius 2 is 1.67 bits per heavy atom. The van der Waals surface area contributed by atoms with Crippen molar-refractivity contribution in [2.75, 3.05) is 18.6 Å². The fourth-order valence-corrected chi connectivity index (χ4v) is 4.74. The van der Waals surface area contributed by atoms with Crippen molar-refractivity contribution in [3.8, 4) is 11.4 Å². The Bertz CT molecular complexity index is 1410. The zero-order chi connectivity index (χ0) is 26.1. The topological polar surface area (TPSA) is 60.8 Å². The molecule has 0 fully saturated rings. The molecule has 2 heterocycles. The van der Waals surface area contributed by atoms with Crippen molar-refractivity contribution >= 4 is 23.6 Å². The number of carbonyl (C=O) groups is 2. The number of carbonyl (C=O) groups excluding carboxylic acids is 2. The van der Waals surface area contributed by atoms with Gasteiger partial charge in [-0.25, -0.2) is 4.79 Å². The van der Waals surface area contributed by atoms with Crippen molar-refractivity contribution < 1.29 is 19.1 Å². The lowest BCUT2D eigenvalue weighted by Crippen LogP contribution is -2.24. The Morgan fingerprint density at radius 3 is 2.31 bits per heavy atom. The standard InChI is InChI=1S/C30H32N2O4/c1-8-36-30(34)28-22(6)32(24-11-13-25(35-7)14-12-24)29(33)26(28)17-23-16-20(4)31(21(23)5)27-15-18(2)9-10-19(27)3/h9-17H,8H2,1-7H3/b26-17-. The molecule has 36 heavy (non-hydrogen) atoms. The van der Waals surface area contributed by atoms with Gasteiger partial charge in [-0.1, -0.05) is 12.1 Å². The number of aryl methyl sites for hydroxylation is 3. The van der Waals surface area contributed by atoms with E-state index in [2.05, 4.69) is 36.6 Å². The van der Waals surface area contributed by atoms with Gasteiger partial charge in [-0.2, -0.15) is 0 Å². The minimum absolute atomic E-state index is 0.223. The van der Waals surface area contributed by atoms with Crippen molar-refractivity contribution in [2.45, 2.75) is 41.5 Å². The summed E-state index contributed by atoms with van der Waals surface area (Å²) in [5, 5.41) is 0. The van der Waals surface area contributed by atoms with Crippen molar-refractivity contribution in [3.05, 3.63) is 93.5 Å². The van der Waals surface area contributed by atoms with Gasteiger partial charge in [0.2, 0.25) is 0 Å². The number of rotatable bonds is 6. The molecular formula is C30H32N2O4. The molecule has 0 saturated heterocycles. The molecule has 6 nitrogen and oxygen atoms in total. The highest BCUT2D eigenvalue weighted by Gasteiger charge is 2.38. The molecule has 0 N–H and O–H groups in total. The molecule has 1 amide bonds. The van der Waals surface area contributed by atoms with Crippen LogP contribution in [0.25, 0.3) is 11.8 Å². The van der Waals surface area contributed by atoms with Gasteiger partial charge in [0, 0.05) is 28.5 Å². The number of nitrogens with zero attached hydrogens (tertiary/aromatic N) is 2. The number of methoxy groups -OCH3 is 1. The molecule has 1 aliphatic heterocycles. The van der Waals surface area contributed by atoms with E-state index in [1.54, 1.807) is 50.1 Å². The van der Waals surface area contributed by atoms with Crippen LogP contribution in [0.4, 0.5) is 5.69 Å². The maximum atomic E-state index is 13.7. The highest BCUT2D eigenvalue weighted by atomic mass is 16.5. The van der Waals surface area contributed by atoms with E-state index in [1.165, 1.54) is 5.56 Å². The van der Waals surface area contributed by atoms with E-state index < -0.39 is 5.97 Å². The molecular weight excluding hydrogens is 452 g/mol. The third-order valence-electron chi connectivity index (χ3n) is 6.59. The monoisotopic (exact) mass is 484 g/mol. The Hall–Kier alpha value is -4.06. The number of hydrogen-bond acceptors (Lipinski definition) is 4. The normalized spacial score (nSPS) is 14.7. The summed E-state index contributed by atoms with van der Waals surface area (Å²) in [4.78, 5) is 28.3. The first-order valence-corrected chi connectivity index (χ1v) is 12.0. The summed E-state index contributed by atoms with van der Waals surface area (Å²) in [6, 6.07) is 15.6. The fraction of sp³-hybridized carbons (Fsp3) is 0.267. The largest absolute Gasteiger partial charge is 0.497 e. The molecule has 3 aromatic rings. The molecule has 0 bridgehead atoms. The Kier molecular flexibility index (Phi) is 6.88. The first-order valence-electron chi connectivity index (χ1n) is 12.0. The summed E-state index contributed by atoms with van der Waals surface area (Å²) < 4.78 is 12.8. The molecule has 0 aliphatic carbocycles. The number of esters is 1. The van der Waals surface area contributed by atoms with E-state index in [1.807, 2.05) is 26.0 Å². The molecule has 1 aliphatic rings. The van der Waals surface area contributed by atoms with E-state index in [0.717, 1.165) is 28.2 Å². The number of hydrogen-bond donors (Lipinski definition) is 0. The second-order valence-corrected chi connectivity index (χ2v) is 9.03. The van der Waals surface area contributed by atoms with Crippen LogP contribution in [-0.4, -0.2) is 30.2 Å². The van der Waals surface area contributed by atoms with Gasteiger partial charge >= 0.3 is 5.97 Å². The average Bonchev–Trinajstić information content (AvgIpc) is 3.26. The second-order valence-electron chi connectivity index (χ2n) is 9.03. The van der Waals surface area contributed by atoms with Crippen LogP contribution in [0.2, 0.25) is 0 Å². The lowest BCUT2D eigenvalue weighted by molar-refractivity contribution is -0.138. The van der Waals surface area contributed by atoms with E-state index >= 15 is 0 Å². The highest BCUT2D eigenvalue weighted by Crippen LogP contribution is 2.37. The predicted octanol–water partition coefficient (Wildman–Crippen LogP) is 5.99. The molecule has 0 radical (unpaired) electrons. The third kappa shape index (κ3) is 4.35. The van der Waals surface area contributed by atoms with E-state index in [0.29, 0.717) is 22.7 Å². The molecule has 186 valence electrons. The van der Waals surface area contributed by atoms with Gasteiger partial charge in [0.15, 0.2) is 0 Å². The van der Waals surface area contributed by atoms with Gasteiger partial charge in [0.25, 0.3) is 5.91 Å². The molecule has 0 unspecified atom stereocenters. The Labute approximate surface area is 212 Å². The lowest BCUT2D eigenvalue weighted by Gasteiger charge is -2.18. The number of benzene rings is 2. The third-order valence-corrected chi connectivity index (χ3v) is 6.59. The minimum atomic E-state index is -0.506. The number of ether oxygens (including phenoxy) is 2. The van der Waals surface area contributed by atoms with Gasteiger partial charge in [-0.05, 0) is 101 Å². The van der Waals surface area contributed by atoms with Crippen LogP contribution >= 0.6 is 0 Å². The molecule has 6 heteroatoms. The summed E-state index contributed by atoms with van der Waals surface area (Å²) in [6.45, 7) is 12.0. The van der Waals surface area contributed by atoms with Crippen molar-refractivity contribution in [1.82, 2.24) is 4.57 Å². The first-order chi connectivity index (χ1) is 17.2. The van der Waals surface area contributed by atoms with Crippen LogP contribution in [0.1, 0.15) is 41.9 Å². The van der Waals surface area contributed by atoms with Crippen LogP contribution < -0.4 is 9.64 Å². The Morgan fingerprint density at radius 1 is 0.972 bits per heavy atom. The van der Waals surface area contributed by atoms with E-state index in [9.17, 15) is 9.59 Å². The SMILES string of the molecule is CCOC(=O)C1=C(C)N(c2ccc(OC)cc2)C(=O)/C1=C\c1cc(C)n(-c2cc(C)ccc2C)c1C. The van der Waals surface area contributed by atoms with Crippen molar-refractivity contribution in [3.63, 3.8) is 0 Å². The van der Waals surface area contributed by atoms with Crippen LogP contribution in [0, 0.1) is 27.7 Å². The number of anilines is 1. The maximum Gasteiger partial charge on any atom is 0.340 e. The average molecular weight is 485 g/mol. The Balaban J connectivity index is 1.85. The number of aromatic nitrogens is 1. The molecule has 0 spiro atoms. The summed E-state index contributed by atoms with van der Waals surface area (Å²) in [5.74, 6) is -0.0847. The number of allylic oxidation sites excluding steroid dienone is 1. The van der Waals surface area contributed by atoms with Gasteiger partial charge in [0.05, 0.1) is 24.9 Å². The second kappa shape index (κ2) is 9.90. The molecule has 2 aromatic carbocycles. The fourth-order valence-electron chi connectivity index (χ4n) is 4.74. The molecule has 1 aromatic heterocycles. The van der Waals surface area contributed by atoms with Crippen LogP contribution in [0.15, 0.2) is 65.4 Å². The predicted molar refractivity (Wildman–Crippen MR) is 143 cm³/mol. The number of amides is 1.